The third kappa shape index (κ3) is 3.52. The first-order chi connectivity index (χ1) is 9.88. The molecule has 2 aromatic rings. The van der Waals surface area contributed by atoms with Crippen molar-refractivity contribution in [2.45, 2.75) is 27.0 Å². The first-order valence-electron chi connectivity index (χ1n) is 6.27. The van der Waals surface area contributed by atoms with Crippen LogP contribution in [0.5, 0.6) is 0 Å². The maximum Gasteiger partial charge on any atom is 0.328 e. The molecule has 1 heterocycles. The quantitative estimate of drug-likeness (QED) is 0.881. The number of rotatable bonds is 4. The topological polar surface area (TPSA) is 70.1 Å². The Balaban J connectivity index is 1.97. The molecule has 21 heavy (non-hydrogen) atoms. The Morgan fingerprint density at radius 1 is 1.48 bits per heavy atom. The van der Waals surface area contributed by atoms with Gasteiger partial charge in [0, 0.05) is 5.56 Å². The summed E-state index contributed by atoms with van der Waals surface area (Å²) in [5.74, 6) is -0.908. The van der Waals surface area contributed by atoms with Crippen LogP contribution in [-0.4, -0.2) is 15.7 Å². The van der Waals surface area contributed by atoms with Crippen LogP contribution in [0.2, 0.25) is 5.02 Å². The zero-order chi connectivity index (χ0) is 15.6. The van der Waals surface area contributed by atoms with Gasteiger partial charge in [0.25, 0.3) is 0 Å². The van der Waals surface area contributed by atoms with Gasteiger partial charge in [-0.05, 0) is 26.0 Å². The predicted molar refractivity (Wildman–Crippen MR) is 77.3 cm³/mol. The molecule has 0 spiro atoms. The molecular weight excluding hydrogens is 297 g/mol. The Morgan fingerprint density at radius 2 is 2.19 bits per heavy atom. The first-order valence-corrected chi connectivity index (χ1v) is 6.65. The van der Waals surface area contributed by atoms with Gasteiger partial charge in [-0.2, -0.15) is 5.10 Å². The van der Waals surface area contributed by atoms with Crippen LogP contribution < -0.4 is 5.73 Å². The van der Waals surface area contributed by atoms with E-state index in [-0.39, 0.29) is 18.2 Å². The second kappa shape index (κ2) is 6.13. The number of ether oxygens (including phenoxy) is 1. The maximum atomic E-state index is 12.9. The average Bonchev–Trinajstić information content (AvgIpc) is 2.65. The highest BCUT2D eigenvalue weighted by molar-refractivity contribution is 6.31. The largest absolute Gasteiger partial charge is 0.459 e. The van der Waals surface area contributed by atoms with E-state index in [4.69, 9.17) is 22.1 Å². The second-order valence-electron chi connectivity index (χ2n) is 4.64. The van der Waals surface area contributed by atoms with Gasteiger partial charge < -0.3 is 10.5 Å². The van der Waals surface area contributed by atoms with E-state index in [2.05, 4.69) is 5.10 Å². The highest BCUT2D eigenvalue weighted by Gasteiger charge is 2.13. The van der Waals surface area contributed by atoms with Gasteiger partial charge in [-0.15, -0.1) is 0 Å². The van der Waals surface area contributed by atoms with Crippen molar-refractivity contribution in [3.8, 4) is 0 Å². The van der Waals surface area contributed by atoms with Gasteiger partial charge in [0.1, 0.15) is 19.0 Å². The lowest BCUT2D eigenvalue weighted by Gasteiger charge is -2.08. The van der Waals surface area contributed by atoms with Crippen LogP contribution in [0.1, 0.15) is 17.0 Å². The minimum Gasteiger partial charge on any atom is -0.459 e. The summed E-state index contributed by atoms with van der Waals surface area (Å²) >= 11 is 5.86. The van der Waals surface area contributed by atoms with E-state index in [0.717, 1.165) is 0 Å². The van der Waals surface area contributed by atoms with Crippen molar-refractivity contribution in [1.29, 1.82) is 0 Å². The molecule has 1 aromatic carbocycles. The number of hydrogen-bond donors (Lipinski definition) is 1. The Hall–Kier alpha value is -2.08. The van der Waals surface area contributed by atoms with Gasteiger partial charge in [0.05, 0.1) is 22.1 Å². The van der Waals surface area contributed by atoms with Crippen LogP contribution in [0, 0.1) is 19.7 Å². The van der Waals surface area contributed by atoms with Gasteiger partial charge in [0.2, 0.25) is 0 Å². The number of benzene rings is 1. The van der Waals surface area contributed by atoms with Crippen LogP contribution in [0.15, 0.2) is 18.2 Å². The molecule has 5 nitrogen and oxygen atoms in total. The van der Waals surface area contributed by atoms with E-state index in [1.807, 2.05) is 0 Å². The van der Waals surface area contributed by atoms with Crippen LogP contribution in [0.4, 0.5) is 10.1 Å². The van der Waals surface area contributed by atoms with E-state index in [1.165, 1.54) is 22.9 Å². The summed E-state index contributed by atoms with van der Waals surface area (Å²) in [4.78, 5) is 11.8. The molecular formula is C14H15ClFN3O2. The number of anilines is 1. The van der Waals surface area contributed by atoms with E-state index < -0.39 is 11.8 Å². The molecule has 0 unspecified atom stereocenters. The third-order valence-corrected chi connectivity index (χ3v) is 3.47. The number of halogens is 2. The van der Waals surface area contributed by atoms with Gasteiger partial charge in [-0.25, -0.2) is 4.39 Å². The number of carbonyl (C=O) groups excluding carboxylic acids is 1. The molecule has 0 aliphatic heterocycles. The standard InChI is InChI=1S/C14H15ClFN3O2/c1-8-14(17)9(2)19(18-8)6-13(20)21-7-10-3-4-11(16)5-12(10)15/h3-5H,6-7,17H2,1-2H3. The summed E-state index contributed by atoms with van der Waals surface area (Å²) in [7, 11) is 0. The van der Waals surface area contributed by atoms with Gasteiger partial charge in [-0.3, -0.25) is 9.48 Å². The molecule has 0 atom stereocenters. The van der Waals surface area contributed by atoms with Gasteiger partial charge >= 0.3 is 5.97 Å². The molecule has 0 saturated heterocycles. The van der Waals surface area contributed by atoms with Crippen LogP contribution in [0.3, 0.4) is 0 Å². The van der Waals surface area contributed by atoms with Gasteiger partial charge in [-0.1, -0.05) is 17.7 Å². The van der Waals surface area contributed by atoms with Crippen LogP contribution >= 0.6 is 11.6 Å². The number of aryl methyl sites for hydroxylation is 1. The van der Waals surface area contributed by atoms with Gasteiger partial charge in [0.15, 0.2) is 0 Å². The minimum atomic E-state index is -0.471. The van der Waals surface area contributed by atoms with E-state index in [9.17, 15) is 9.18 Å². The fourth-order valence-corrected chi connectivity index (χ4v) is 2.05. The average molecular weight is 312 g/mol. The van der Waals surface area contributed by atoms with E-state index in [0.29, 0.717) is 22.6 Å². The molecule has 112 valence electrons. The van der Waals surface area contributed by atoms with Crippen LogP contribution in [-0.2, 0) is 22.7 Å². The smallest absolute Gasteiger partial charge is 0.328 e. The monoisotopic (exact) mass is 311 g/mol. The molecule has 1 aromatic heterocycles. The zero-order valence-electron chi connectivity index (χ0n) is 11.7. The lowest BCUT2D eigenvalue weighted by molar-refractivity contribution is -0.145. The lowest BCUT2D eigenvalue weighted by atomic mass is 10.2. The number of nitrogens with two attached hydrogens (primary N) is 1. The molecule has 0 bridgehead atoms. The lowest BCUT2D eigenvalue weighted by Crippen LogP contribution is -2.16. The molecule has 2 rings (SSSR count). The van der Waals surface area contributed by atoms with Crippen molar-refractivity contribution in [2.75, 3.05) is 5.73 Å². The number of hydrogen-bond acceptors (Lipinski definition) is 4. The fraction of sp³-hybridized carbons (Fsp3) is 0.286. The Morgan fingerprint density at radius 3 is 2.76 bits per heavy atom. The SMILES string of the molecule is Cc1nn(CC(=O)OCc2ccc(F)cc2Cl)c(C)c1N. The van der Waals surface area contributed by atoms with Crippen molar-refractivity contribution in [3.05, 3.63) is 46.0 Å². The highest BCUT2D eigenvalue weighted by atomic mass is 35.5. The van der Waals surface area contributed by atoms with Crippen molar-refractivity contribution in [3.63, 3.8) is 0 Å². The molecule has 0 fully saturated rings. The molecule has 7 heteroatoms. The number of carbonyl (C=O) groups is 1. The van der Waals surface area contributed by atoms with Crippen molar-refractivity contribution >= 4 is 23.3 Å². The molecule has 0 saturated carbocycles. The summed E-state index contributed by atoms with van der Waals surface area (Å²) in [6.07, 6.45) is 0. The number of aromatic nitrogens is 2. The summed E-state index contributed by atoms with van der Waals surface area (Å²) in [5.41, 5.74) is 8.27. The minimum absolute atomic E-state index is 0.0211. The number of esters is 1. The van der Waals surface area contributed by atoms with Crippen LogP contribution in [0.25, 0.3) is 0 Å². The normalized spacial score (nSPS) is 10.7. The molecule has 0 radical (unpaired) electrons. The Kier molecular flexibility index (Phi) is 4.47. The number of nitrogens with zero attached hydrogens (tertiary/aromatic N) is 2. The van der Waals surface area contributed by atoms with E-state index in [1.54, 1.807) is 13.8 Å². The summed E-state index contributed by atoms with van der Waals surface area (Å²) in [6, 6.07) is 3.91. The van der Waals surface area contributed by atoms with Crippen molar-refractivity contribution in [1.82, 2.24) is 9.78 Å². The first kappa shape index (κ1) is 15.3. The molecule has 0 amide bonds. The summed E-state index contributed by atoms with van der Waals surface area (Å²) in [5, 5.41) is 4.37. The number of nitrogen functional groups attached to an aromatic ring is 1. The maximum absolute atomic E-state index is 12.9. The third-order valence-electron chi connectivity index (χ3n) is 3.12. The Labute approximate surface area is 126 Å². The molecule has 2 N–H and O–H groups in total. The molecule has 0 aliphatic carbocycles. The highest BCUT2D eigenvalue weighted by Crippen LogP contribution is 2.18. The zero-order valence-corrected chi connectivity index (χ0v) is 12.4. The second-order valence-corrected chi connectivity index (χ2v) is 5.05. The fourth-order valence-electron chi connectivity index (χ4n) is 1.83. The summed E-state index contributed by atoms with van der Waals surface area (Å²) < 4.78 is 19.5. The summed E-state index contributed by atoms with van der Waals surface area (Å²) in [6.45, 7) is 3.48. The van der Waals surface area contributed by atoms with Crippen molar-refractivity contribution < 1.29 is 13.9 Å². The van der Waals surface area contributed by atoms with Crippen molar-refractivity contribution in [2.24, 2.45) is 0 Å². The Bertz CT molecular complexity index is 685. The van der Waals surface area contributed by atoms with E-state index >= 15 is 0 Å². The predicted octanol–water partition coefficient (Wildman–Crippen LogP) is 2.62. The molecule has 0 aliphatic rings.